The Morgan fingerprint density at radius 2 is 2.25 bits per heavy atom. The van der Waals surface area contributed by atoms with Gasteiger partial charge in [0.05, 0.1) is 0 Å². The van der Waals surface area contributed by atoms with Gasteiger partial charge in [-0.1, -0.05) is 0 Å². The first-order valence-corrected chi connectivity index (χ1v) is 1.65. The highest BCUT2D eigenvalue weighted by atomic mass is 31.0. The second-order valence-electron chi connectivity index (χ2n) is 0.433. The summed E-state index contributed by atoms with van der Waals surface area (Å²) in [6.45, 7) is 0. The number of hydrogen-bond donors (Lipinski definition) is 1. The lowest BCUT2D eigenvalue weighted by Gasteiger charge is -1.65. The van der Waals surface area contributed by atoms with E-state index in [1.807, 2.05) is 7.05 Å². The molecule has 0 aromatic heterocycles. The zero-order valence-corrected chi connectivity index (χ0v) is 3.58. The minimum Gasteiger partial charge on any atom is -0.295 e. The van der Waals surface area contributed by atoms with E-state index in [1.54, 1.807) is 5.92 Å². The van der Waals surface area contributed by atoms with Crippen LogP contribution < -0.4 is 5.32 Å². The Kier molecular flexibility index (Phi) is 3.23. The molecule has 2 heteroatoms. The van der Waals surface area contributed by atoms with Crippen LogP contribution >= 0.6 is 8.86 Å². The first-order chi connectivity index (χ1) is 1.91. The fourth-order valence-electron chi connectivity index (χ4n) is 0. The van der Waals surface area contributed by atoms with E-state index in [1.165, 1.54) is 0 Å². The summed E-state index contributed by atoms with van der Waals surface area (Å²) in [5, 5.41) is 2.72. The Morgan fingerprint density at radius 3 is 2.25 bits per heavy atom. The lowest BCUT2D eigenvalue weighted by molar-refractivity contribution is 1.24. The van der Waals surface area contributed by atoms with Crippen LogP contribution in [0.15, 0.2) is 0 Å². The van der Waals surface area contributed by atoms with E-state index in [2.05, 4.69) is 14.2 Å². The highest BCUT2D eigenvalue weighted by Crippen LogP contribution is 1.38. The molecule has 0 unspecified atom stereocenters. The predicted molar refractivity (Wildman–Crippen MR) is 23.4 cm³/mol. The molecule has 4 heavy (non-hydrogen) atoms. The van der Waals surface area contributed by atoms with E-state index in [9.17, 15) is 0 Å². The van der Waals surface area contributed by atoms with Crippen molar-refractivity contribution < 1.29 is 0 Å². The fourth-order valence-corrected chi connectivity index (χ4v) is 0. The SMILES string of the molecule is CNC=P. The van der Waals surface area contributed by atoms with E-state index in [0.717, 1.165) is 0 Å². The Bertz CT molecular complexity index is 20.0. The van der Waals surface area contributed by atoms with Gasteiger partial charge in [-0.2, -0.15) is 0 Å². The summed E-state index contributed by atoms with van der Waals surface area (Å²) < 4.78 is 0. The second kappa shape index (κ2) is 3.13. The monoisotopic (exact) mass is 75.0 g/mol. The summed E-state index contributed by atoms with van der Waals surface area (Å²) in [4.78, 5) is 0. The van der Waals surface area contributed by atoms with Crippen LogP contribution in [0.5, 0.6) is 0 Å². The van der Waals surface area contributed by atoms with Gasteiger partial charge in [0.2, 0.25) is 0 Å². The molecule has 0 aliphatic rings. The van der Waals surface area contributed by atoms with Gasteiger partial charge in [-0.05, 0) is 13.0 Å². The quantitative estimate of drug-likeness (QED) is 0.436. The zero-order valence-electron chi connectivity index (χ0n) is 2.58. The minimum absolute atomic E-state index is 1.68. The largest absolute Gasteiger partial charge is 0.295 e. The first kappa shape index (κ1) is 4.13. The molecule has 0 saturated carbocycles. The normalized spacial score (nSPS) is 6.25. The highest BCUT2D eigenvalue weighted by molar-refractivity contribution is 7.18. The minimum atomic E-state index is 1.68. The molecular weight excluding hydrogens is 69.0 g/mol. The summed E-state index contributed by atoms with van der Waals surface area (Å²) in [7, 11) is 4.88. The maximum absolute atomic E-state index is 3.05. The topological polar surface area (TPSA) is 12.0 Å². The highest BCUT2D eigenvalue weighted by Gasteiger charge is 1.38. The van der Waals surface area contributed by atoms with Crippen molar-refractivity contribution in [1.29, 1.82) is 0 Å². The van der Waals surface area contributed by atoms with Crippen molar-refractivity contribution >= 4 is 14.8 Å². The van der Waals surface area contributed by atoms with Gasteiger partial charge in [-0.25, -0.2) is 0 Å². The number of rotatable bonds is 1. The van der Waals surface area contributed by atoms with Crippen LogP contribution in [0.25, 0.3) is 0 Å². The Balaban J connectivity index is 2.30. The fraction of sp³-hybridized carbons (Fsp3) is 0.500. The lowest BCUT2D eigenvalue weighted by atomic mass is 11.3. The van der Waals surface area contributed by atoms with Crippen molar-refractivity contribution in [2.75, 3.05) is 7.05 Å². The van der Waals surface area contributed by atoms with Crippen LogP contribution in [-0.2, 0) is 0 Å². The molecule has 0 aromatic rings. The van der Waals surface area contributed by atoms with Crippen LogP contribution in [0.3, 0.4) is 0 Å². The molecule has 24 valence electrons. The van der Waals surface area contributed by atoms with Gasteiger partial charge in [-0.15, -0.1) is 8.86 Å². The van der Waals surface area contributed by atoms with Crippen molar-refractivity contribution in [1.82, 2.24) is 5.32 Å². The Morgan fingerprint density at radius 1 is 2.00 bits per heavy atom. The van der Waals surface area contributed by atoms with Crippen molar-refractivity contribution in [2.45, 2.75) is 0 Å². The standard InChI is InChI=1S/C2H6NP/c1-3-2-4/h2-4H,1H3. The summed E-state index contributed by atoms with van der Waals surface area (Å²) in [6, 6.07) is 0. The molecule has 0 aliphatic carbocycles. The molecule has 0 spiro atoms. The molecule has 0 radical (unpaired) electrons. The smallest absolute Gasteiger partial charge is 0.00268 e. The van der Waals surface area contributed by atoms with Gasteiger partial charge in [0, 0.05) is 0 Å². The third-order valence-electron chi connectivity index (χ3n) is 0.144. The van der Waals surface area contributed by atoms with Crippen molar-refractivity contribution in [3.63, 3.8) is 0 Å². The van der Waals surface area contributed by atoms with Crippen LogP contribution in [0.4, 0.5) is 0 Å². The molecule has 0 rings (SSSR count). The molecule has 0 fully saturated rings. The van der Waals surface area contributed by atoms with Crippen LogP contribution in [0.1, 0.15) is 0 Å². The maximum Gasteiger partial charge on any atom is -0.00268 e. The van der Waals surface area contributed by atoms with E-state index in [0.29, 0.717) is 0 Å². The van der Waals surface area contributed by atoms with Crippen molar-refractivity contribution in [3.8, 4) is 0 Å². The third-order valence-corrected chi connectivity index (χ3v) is 0.433. The summed E-state index contributed by atoms with van der Waals surface area (Å²) >= 11 is 0. The first-order valence-electron chi connectivity index (χ1n) is 1.08. The van der Waals surface area contributed by atoms with E-state index in [-0.39, 0.29) is 0 Å². The molecule has 1 nitrogen and oxygen atoms in total. The average molecular weight is 75.1 g/mol. The molecule has 0 aromatic carbocycles. The van der Waals surface area contributed by atoms with Crippen molar-refractivity contribution in [3.05, 3.63) is 0 Å². The predicted octanol–water partition coefficient (Wildman–Crippen LogP) is 0.108. The molecule has 0 saturated heterocycles. The average Bonchev–Trinajstić information content (AvgIpc) is 1.37. The van der Waals surface area contributed by atoms with Gasteiger partial charge >= 0.3 is 0 Å². The van der Waals surface area contributed by atoms with Gasteiger partial charge in [-0.3, -0.25) is 5.32 Å². The van der Waals surface area contributed by atoms with Crippen LogP contribution in [-0.4, -0.2) is 13.0 Å². The maximum atomic E-state index is 3.05. The van der Waals surface area contributed by atoms with Crippen molar-refractivity contribution in [2.24, 2.45) is 0 Å². The Labute approximate surface area is 28.2 Å². The molecule has 0 amide bonds. The number of nitrogens with one attached hydrogen (secondary N) is 1. The molecular formula is C2H6NP. The summed E-state index contributed by atoms with van der Waals surface area (Å²) in [5.41, 5.74) is 0. The Hall–Kier alpha value is 0.130. The summed E-state index contributed by atoms with van der Waals surface area (Å²) in [5.74, 6) is 1.68. The second-order valence-corrected chi connectivity index (χ2v) is 0.722. The van der Waals surface area contributed by atoms with E-state index < -0.39 is 0 Å². The molecule has 0 heterocycles. The van der Waals surface area contributed by atoms with Crippen LogP contribution in [0, 0.1) is 0 Å². The van der Waals surface area contributed by atoms with Gasteiger partial charge in [0.1, 0.15) is 0 Å². The zero-order chi connectivity index (χ0) is 3.41. The molecule has 0 aliphatic heterocycles. The van der Waals surface area contributed by atoms with E-state index in [4.69, 9.17) is 0 Å². The number of hydrogen-bond acceptors (Lipinski definition) is 0. The van der Waals surface area contributed by atoms with E-state index >= 15 is 0 Å². The lowest BCUT2D eigenvalue weighted by Crippen LogP contribution is -1.95. The van der Waals surface area contributed by atoms with Gasteiger partial charge in [0.15, 0.2) is 0 Å². The summed E-state index contributed by atoms with van der Waals surface area (Å²) in [6.07, 6.45) is 0. The van der Waals surface area contributed by atoms with Gasteiger partial charge < -0.3 is 0 Å². The molecule has 0 atom stereocenters. The molecule has 0 bridgehead atoms. The van der Waals surface area contributed by atoms with Crippen LogP contribution in [0.2, 0.25) is 0 Å². The van der Waals surface area contributed by atoms with Gasteiger partial charge in [0.25, 0.3) is 0 Å². The third kappa shape index (κ3) is 2.13. The molecule has 1 N–H and O–H groups in total.